The molecule has 2 saturated heterocycles. The molecule has 0 saturated carbocycles. The minimum atomic E-state index is 0.113. The number of hydrogen-bond donors (Lipinski definition) is 2. The molecule has 22 heavy (non-hydrogen) atoms. The van der Waals surface area contributed by atoms with Gasteiger partial charge in [0.2, 0.25) is 5.91 Å². The summed E-state index contributed by atoms with van der Waals surface area (Å²) < 4.78 is 0. The second kappa shape index (κ2) is 7.75. The molecular formula is C18H27N3O. The first kappa shape index (κ1) is 15.5. The molecule has 1 aromatic carbocycles. The molecule has 1 unspecified atom stereocenters. The lowest BCUT2D eigenvalue weighted by molar-refractivity contribution is -0.126. The van der Waals surface area contributed by atoms with Gasteiger partial charge in [-0.15, -0.1) is 0 Å². The van der Waals surface area contributed by atoms with Gasteiger partial charge < -0.3 is 15.5 Å². The van der Waals surface area contributed by atoms with Crippen LogP contribution in [0.15, 0.2) is 30.3 Å². The quantitative estimate of drug-likeness (QED) is 0.873. The van der Waals surface area contributed by atoms with Crippen LogP contribution in [-0.2, 0) is 4.79 Å². The summed E-state index contributed by atoms with van der Waals surface area (Å²) in [5.74, 6) is 0.403. The van der Waals surface area contributed by atoms with Gasteiger partial charge in [0.1, 0.15) is 0 Å². The molecule has 2 N–H and O–H groups in total. The first-order valence-corrected chi connectivity index (χ1v) is 8.61. The van der Waals surface area contributed by atoms with E-state index in [9.17, 15) is 4.79 Å². The minimum Gasteiger partial charge on any atom is -0.348 e. The van der Waals surface area contributed by atoms with Crippen molar-refractivity contribution in [2.75, 3.05) is 32.7 Å². The summed E-state index contributed by atoms with van der Waals surface area (Å²) in [6, 6.07) is 10.5. The van der Waals surface area contributed by atoms with E-state index in [1.165, 1.54) is 18.4 Å². The Hall–Kier alpha value is -1.39. The van der Waals surface area contributed by atoms with Crippen molar-refractivity contribution in [2.24, 2.45) is 5.92 Å². The fraction of sp³-hybridized carbons (Fsp3) is 0.611. The van der Waals surface area contributed by atoms with Crippen molar-refractivity contribution in [1.82, 2.24) is 15.5 Å². The average molecular weight is 301 g/mol. The first-order valence-electron chi connectivity index (χ1n) is 8.61. The lowest BCUT2D eigenvalue weighted by Crippen LogP contribution is -2.42. The molecule has 0 spiro atoms. The van der Waals surface area contributed by atoms with Crippen LogP contribution in [0, 0.1) is 5.92 Å². The van der Waals surface area contributed by atoms with Crippen molar-refractivity contribution in [3.63, 3.8) is 0 Å². The Morgan fingerprint density at radius 3 is 2.55 bits per heavy atom. The van der Waals surface area contributed by atoms with Crippen molar-refractivity contribution >= 4 is 5.91 Å². The van der Waals surface area contributed by atoms with Crippen LogP contribution in [-0.4, -0.2) is 43.5 Å². The SMILES string of the molecule is O=C(NC(CN1CCCC1)c1ccccc1)C1CCNCC1. The molecule has 120 valence electrons. The average Bonchev–Trinajstić information content (AvgIpc) is 3.09. The third-order valence-corrected chi connectivity index (χ3v) is 4.87. The van der Waals surface area contributed by atoms with Crippen LogP contribution in [0.4, 0.5) is 0 Å². The topological polar surface area (TPSA) is 44.4 Å². The smallest absolute Gasteiger partial charge is 0.223 e. The predicted octanol–water partition coefficient (Wildman–Crippen LogP) is 1.94. The molecule has 4 heteroatoms. The highest BCUT2D eigenvalue weighted by molar-refractivity contribution is 5.79. The van der Waals surface area contributed by atoms with Gasteiger partial charge in [0.25, 0.3) is 0 Å². The van der Waals surface area contributed by atoms with E-state index in [0.29, 0.717) is 0 Å². The van der Waals surface area contributed by atoms with Crippen LogP contribution >= 0.6 is 0 Å². The summed E-state index contributed by atoms with van der Waals surface area (Å²) in [7, 11) is 0. The number of amides is 1. The van der Waals surface area contributed by atoms with Crippen molar-refractivity contribution in [3.05, 3.63) is 35.9 Å². The van der Waals surface area contributed by atoms with Crippen molar-refractivity contribution in [2.45, 2.75) is 31.7 Å². The maximum absolute atomic E-state index is 12.6. The zero-order valence-corrected chi connectivity index (χ0v) is 13.3. The largest absolute Gasteiger partial charge is 0.348 e. The Balaban J connectivity index is 1.65. The number of likely N-dealkylation sites (tertiary alicyclic amines) is 1. The van der Waals surface area contributed by atoms with E-state index in [4.69, 9.17) is 0 Å². The van der Waals surface area contributed by atoms with Gasteiger partial charge in [-0.05, 0) is 57.4 Å². The van der Waals surface area contributed by atoms with Crippen LogP contribution in [0.5, 0.6) is 0 Å². The minimum absolute atomic E-state index is 0.113. The molecule has 0 bridgehead atoms. The Labute approximate surface area is 133 Å². The molecule has 1 atom stereocenters. The third-order valence-electron chi connectivity index (χ3n) is 4.87. The van der Waals surface area contributed by atoms with Crippen LogP contribution in [0.3, 0.4) is 0 Å². The molecule has 4 nitrogen and oxygen atoms in total. The van der Waals surface area contributed by atoms with E-state index in [1.54, 1.807) is 0 Å². The van der Waals surface area contributed by atoms with E-state index >= 15 is 0 Å². The van der Waals surface area contributed by atoms with Gasteiger partial charge in [-0.2, -0.15) is 0 Å². The zero-order valence-electron chi connectivity index (χ0n) is 13.3. The second-order valence-electron chi connectivity index (χ2n) is 6.50. The highest BCUT2D eigenvalue weighted by atomic mass is 16.2. The molecule has 0 aromatic heterocycles. The molecule has 0 radical (unpaired) electrons. The number of nitrogens with one attached hydrogen (secondary N) is 2. The van der Waals surface area contributed by atoms with Crippen LogP contribution in [0.2, 0.25) is 0 Å². The lowest BCUT2D eigenvalue weighted by Gasteiger charge is -2.28. The molecule has 1 aromatic rings. The molecule has 2 aliphatic heterocycles. The monoisotopic (exact) mass is 301 g/mol. The van der Waals surface area contributed by atoms with Crippen molar-refractivity contribution < 1.29 is 4.79 Å². The van der Waals surface area contributed by atoms with Crippen molar-refractivity contribution in [3.8, 4) is 0 Å². The second-order valence-corrected chi connectivity index (χ2v) is 6.50. The number of rotatable bonds is 5. The molecule has 3 rings (SSSR count). The van der Waals surface area contributed by atoms with Gasteiger partial charge >= 0.3 is 0 Å². The summed E-state index contributed by atoms with van der Waals surface area (Å²) in [6.45, 7) is 5.17. The first-order chi connectivity index (χ1) is 10.8. The van der Waals surface area contributed by atoms with E-state index in [2.05, 4.69) is 39.8 Å². The van der Waals surface area contributed by atoms with Crippen LogP contribution in [0.1, 0.15) is 37.3 Å². The summed E-state index contributed by atoms with van der Waals surface area (Å²) in [5, 5.41) is 6.65. The molecule has 1 amide bonds. The summed E-state index contributed by atoms with van der Waals surface area (Å²) in [5.41, 5.74) is 1.22. The standard InChI is InChI=1S/C18H27N3O/c22-18(16-8-10-19-11-9-16)20-17(14-21-12-4-5-13-21)15-6-2-1-3-7-15/h1-3,6-7,16-17,19H,4-5,8-14H2,(H,20,22). The van der Waals surface area contributed by atoms with E-state index in [1.807, 2.05) is 6.07 Å². The molecule has 2 heterocycles. The van der Waals surface area contributed by atoms with E-state index in [0.717, 1.165) is 45.6 Å². The van der Waals surface area contributed by atoms with Crippen LogP contribution < -0.4 is 10.6 Å². The Kier molecular flexibility index (Phi) is 5.46. The number of benzene rings is 1. The number of hydrogen-bond acceptors (Lipinski definition) is 3. The zero-order chi connectivity index (χ0) is 15.2. The highest BCUT2D eigenvalue weighted by Gasteiger charge is 2.25. The van der Waals surface area contributed by atoms with Gasteiger partial charge in [-0.25, -0.2) is 0 Å². The van der Waals surface area contributed by atoms with Gasteiger partial charge in [0, 0.05) is 12.5 Å². The van der Waals surface area contributed by atoms with Gasteiger partial charge in [-0.1, -0.05) is 30.3 Å². The van der Waals surface area contributed by atoms with Gasteiger partial charge in [0.15, 0.2) is 0 Å². The maximum Gasteiger partial charge on any atom is 0.223 e. The Bertz CT molecular complexity index is 464. The molecular weight excluding hydrogens is 274 g/mol. The summed E-state index contributed by atoms with van der Waals surface area (Å²) >= 11 is 0. The lowest BCUT2D eigenvalue weighted by atomic mass is 9.96. The van der Waals surface area contributed by atoms with E-state index in [-0.39, 0.29) is 17.9 Å². The fourth-order valence-electron chi connectivity index (χ4n) is 3.52. The molecule has 2 fully saturated rings. The fourth-order valence-corrected chi connectivity index (χ4v) is 3.52. The maximum atomic E-state index is 12.6. The molecule has 0 aliphatic carbocycles. The summed E-state index contributed by atoms with van der Waals surface area (Å²) in [4.78, 5) is 15.1. The Morgan fingerprint density at radius 2 is 1.86 bits per heavy atom. The predicted molar refractivity (Wildman–Crippen MR) is 88.6 cm³/mol. The number of nitrogens with zero attached hydrogens (tertiary/aromatic N) is 1. The summed E-state index contributed by atoms with van der Waals surface area (Å²) in [6.07, 6.45) is 4.47. The van der Waals surface area contributed by atoms with Gasteiger partial charge in [-0.3, -0.25) is 4.79 Å². The normalized spacial score (nSPS) is 21.6. The van der Waals surface area contributed by atoms with E-state index < -0.39 is 0 Å². The Morgan fingerprint density at radius 1 is 1.18 bits per heavy atom. The number of carbonyl (C=O) groups excluding carboxylic acids is 1. The van der Waals surface area contributed by atoms with Crippen LogP contribution in [0.25, 0.3) is 0 Å². The molecule has 2 aliphatic rings. The third kappa shape index (κ3) is 4.08. The highest BCUT2D eigenvalue weighted by Crippen LogP contribution is 2.20. The van der Waals surface area contributed by atoms with Gasteiger partial charge in [0.05, 0.1) is 6.04 Å². The number of piperidine rings is 1. The number of carbonyl (C=O) groups is 1. The van der Waals surface area contributed by atoms with Crippen molar-refractivity contribution in [1.29, 1.82) is 0 Å².